The van der Waals surface area contributed by atoms with Crippen LogP contribution in [0.15, 0.2) is 18.2 Å². The van der Waals surface area contributed by atoms with Gasteiger partial charge in [0.25, 0.3) is 0 Å². The average molecular weight is 359 g/mol. The maximum absolute atomic E-state index is 12.2. The Bertz CT molecular complexity index is 499. The fourth-order valence-corrected chi connectivity index (χ4v) is 3.41. The zero-order valence-corrected chi connectivity index (χ0v) is 14.9. The molecule has 0 radical (unpaired) electrons. The summed E-state index contributed by atoms with van der Waals surface area (Å²) in [4.78, 5) is 12.2. The van der Waals surface area contributed by atoms with E-state index in [1.807, 2.05) is 19.1 Å². The molecule has 2 rings (SSSR count). The van der Waals surface area contributed by atoms with Gasteiger partial charge in [-0.25, -0.2) is 0 Å². The molecule has 2 N–H and O–H groups in total. The average Bonchev–Trinajstić information content (AvgIpc) is 2.51. The first kappa shape index (κ1) is 18.5. The summed E-state index contributed by atoms with van der Waals surface area (Å²) in [6.07, 6.45) is 2.78. The molecule has 128 valence electrons. The summed E-state index contributed by atoms with van der Waals surface area (Å²) in [7, 11) is 0. The Morgan fingerprint density at radius 1 is 1.30 bits per heavy atom. The lowest BCUT2D eigenvalue weighted by atomic mass is 9.97. The highest BCUT2D eigenvalue weighted by Gasteiger charge is 2.22. The van der Waals surface area contributed by atoms with Gasteiger partial charge in [-0.1, -0.05) is 23.2 Å². The number of carbonyl (C=O) groups excluding carboxylic acids is 1. The van der Waals surface area contributed by atoms with E-state index in [0.29, 0.717) is 29.0 Å². The predicted octanol–water partition coefficient (Wildman–Crippen LogP) is 3.06. The topological polar surface area (TPSA) is 50.4 Å². The molecular weight excluding hydrogens is 335 g/mol. The third-order valence-electron chi connectivity index (χ3n) is 4.04. The van der Waals surface area contributed by atoms with Gasteiger partial charge in [-0.2, -0.15) is 0 Å². The highest BCUT2D eigenvalue weighted by molar-refractivity contribution is 6.34. The van der Waals surface area contributed by atoms with E-state index in [9.17, 15) is 4.79 Å². The summed E-state index contributed by atoms with van der Waals surface area (Å²) in [5.41, 5.74) is 0.929. The number of carbonyl (C=O) groups is 1. The van der Waals surface area contributed by atoms with E-state index in [0.717, 1.165) is 38.0 Å². The molecule has 1 atom stereocenters. The lowest BCUT2D eigenvalue weighted by molar-refractivity contribution is -0.145. The number of hydrogen-bond donors (Lipinski definition) is 2. The van der Waals surface area contributed by atoms with E-state index in [1.165, 1.54) is 0 Å². The first-order chi connectivity index (χ1) is 11.1. The van der Waals surface area contributed by atoms with Crippen molar-refractivity contribution in [2.45, 2.75) is 32.2 Å². The van der Waals surface area contributed by atoms with Gasteiger partial charge in [0.1, 0.15) is 6.04 Å². The molecule has 0 amide bonds. The molecule has 1 aliphatic rings. The largest absolute Gasteiger partial charge is 0.465 e. The second-order valence-corrected chi connectivity index (χ2v) is 6.76. The van der Waals surface area contributed by atoms with E-state index in [-0.39, 0.29) is 12.0 Å². The molecule has 0 bridgehead atoms. The van der Waals surface area contributed by atoms with E-state index in [4.69, 9.17) is 27.9 Å². The maximum Gasteiger partial charge on any atom is 0.323 e. The number of halogens is 2. The van der Waals surface area contributed by atoms with Gasteiger partial charge in [0.05, 0.1) is 6.61 Å². The summed E-state index contributed by atoms with van der Waals surface area (Å²) in [6, 6.07) is 4.99. The fraction of sp³-hybridized carbons (Fsp3) is 0.588. The van der Waals surface area contributed by atoms with E-state index >= 15 is 0 Å². The van der Waals surface area contributed by atoms with Crippen LogP contribution in [0.2, 0.25) is 10.0 Å². The minimum absolute atomic E-state index is 0.225. The molecule has 23 heavy (non-hydrogen) atoms. The van der Waals surface area contributed by atoms with Gasteiger partial charge >= 0.3 is 5.97 Å². The summed E-state index contributed by atoms with van der Waals surface area (Å²) in [5.74, 6) is 0.369. The molecule has 6 heteroatoms. The highest BCUT2D eigenvalue weighted by Crippen LogP contribution is 2.20. The maximum atomic E-state index is 12.2. The van der Waals surface area contributed by atoms with Gasteiger partial charge < -0.3 is 15.4 Å². The second kappa shape index (κ2) is 9.48. The first-order valence-corrected chi connectivity index (χ1v) is 8.89. The van der Waals surface area contributed by atoms with Crippen LogP contribution in [0.4, 0.5) is 0 Å². The minimum atomic E-state index is -0.376. The quantitative estimate of drug-likeness (QED) is 0.735. The molecule has 1 aromatic carbocycles. The van der Waals surface area contributed by atoms with Crippen molar-refractivity contribution in [2.24, 2.45) is 5.92 Å². The third-order valence-corrected chi connectivity index (χ3v) is 4.48. The number of hydrogen-bond acceptors (Lipinski definition) is 4. The summed E-state index contributed by atoms with van der Waals surface area (Å²) in [5, 5.41) is 7.88. The van der Waals surface area contributed by atoms with Crippen LogP contribution >= 0.6 is 23.2 Å². The Kier molecular flexibility index (Phi) is 7.63. The van der Waals surface area contributed by atoms with Crippen molar-refractivity contribution < 1.29 is 9.53 Å². The molecule has 1 aliphatic heterocycles. The molecule has 1 unspecified atom stereocenters. The fourth-order valence-electron chi connectivity index (χ4n) is 2.84. The molecule has 1 fully saturated rings. The van der Waals surface area contributed by atoms with Crippen LogP contribution in [0.1, 0.15) is 25.3 Å². The Morgan fingerprint density at radius 3 is 2.57 bits per heavy atom. The SMILES string of the molecule is CCOC(=O)C(Cc1cc(Cl)cc(Cl)c1)NCC1CCNCC1. The molecule has 1 heterocycles. The Hall–Kier alpha value is -0.810. The Labute approximate surface area is 147 Å². The number of esters is 1. The molecule has 1 saturated heterocycles. The zero-order valence-electron chi connectivity index (χ0n) is 13.4. The predicted molar refractivity (Wildman–Crippen MR) is 94.2 cm³/mol. The van der Waals surface area contributed by atoms with E-state index in [1.54, 1.807) is 6.07 Å². The molecule has 0 saturated carbocycles. The summed E-state index contributed by atoms with van der Waals surface area (Å²) in [6.45, 7) is 5.10. The molecule has 0 spiro atoms. The van der Waals surface area contributed by atoms with E-state index < -0.39 is 0 Å². The van der Waals surface area contributed by atoms with E-state index in [2.05, 4.69) is 10.6 Å². The van der Waals surface area contributed by atoms with Crippen LogP contribution in [0.25, 0.3) is 0 Å². The van der Waals surface area contributed by atoms with Gasteiger partial charge in [0, 0.05) is 10.0 Å². The number of rotatable bonds is 7. The van der Waals surface area contributed by atoms with Crippen molar-refractivity contribution in [2.75, 3.05) is 26.2 Å². The number of benzene rings is 1. The van der Waals surface area contributed by atoms with Crippen LogP contribution in [-0.2, 0) is 16.0 Å². The molecule has 0 aliphatic carbocycles. The number of piperidine rings is 1. The lowest BCUT2D eigenvalue weighted by Crippen LogP contribution is -2.44. The molecule has 0 aromatic heterocycles. The van der Waals surface area contributed by atoms with Crippen molar-refractivity contribution in [3.05, 3.63) is 33.8 Å². The van der Waals surface area contributed by atoms with Crippen molar-refractivity contribution in [3.63, 3.8) is 0 Å². The summed E-state index contributed by atoms with van der Waals surface area (Å²) >= 11 is 12.1. The Morgan fingerprint density at radius 2 is 1.96 bits per heavy atom. The van der Waals surface area contributed by atoms with Crippen molar-refractivity contribution in [3.8, 4) is 0 Å². The normalized spacial score (nSPS) is 17.0. The zero-order chi connectivity index (χ0) is 16.7. The van der Waals surface area contributed by atoms with Crippen LogP contribution in [0, 0.1) is 5.92 Å². The number of ether oxygens (including phenoxy) is 1. The number of nitrogens with one attached hydrogen (secondary N) is 2. The molecule has 1 aromatic rings. The van der Waals surface area contributed by atoms with Crippen molar-refractivity contribution >= 4 is 29.2 Å². The summed E-state index contributed by atoms with van der Waals surface area (Å²) < 4.78 is 5.20. The highest BCUT2D eigenvalue weighted by atomic mass is 35.5. The molecular formula is C17H24Cl2N2O2. The van der Waals surface area contributed by atoms with Crippen LogP contribution < -0.4 is 10.6 Å². The monoisotopic (exact) mass is 358 g/mol. The lowest BCUT2D eigenvalue weighted by Gasteiger charge is -2.25. The second-order valence-electron chi connectivity index (χ2n) is 5.89. The standard InChI is InChI=1S/C17H24Cl2N2O2/c1-2-23-17(22)16(21-11-12-3-5-20-6-4-12)9-13-7-14(18)10-15(19)8-13/h7-8,10,12,16,20-21H,2-6,9,11H2,1H3. The van der Waals surface area contributed by atoms with Crippen molar-refractivity contribution in [1.82, 2.24) is 10.6 Å². The first-order valence-electron chi connectivity index (χ1n) is 8.14. The van der Waals surface area contributed by atoms with Gasteiger partial charge in [-0.3, -0.25) is 4.79 Å². The van der Waals surface area contributed by atoms with Crippen LogP contribution in [-0.4, -0.2) is 38.3 Å². The van der Waals surface area contributed by atoms with Gasteiger partial charge in [0.2, 0.25) is 0 Å². The van der Waals surface area contributed by atoms with Crippen molar-refractivity contribution in [1.29, 1.82) is 0 Å². The minimum Gasteiger partial charge on any atom is -0.465 e. The smallest absolute Gasteiger partial charge is 0.323 e. The Balaban J connectivity index is 1.99. The van der Waals surface area contributed by atoms with Crippen LogP contribution in [0.5, 0.6) is 0 Å². The third kappa shape index (κ3) is 6.30. The van der Waals surface area contributed by atoms with Crippen LogP contribution in [0.3, 0.4) is 0 Å². The molecule has 4 nitrogen and oxygen atoms in total. The van der Waals surface area contributed by atoms with Gasteiger partial charge in [-0.15, -0.1) is 0 Å². The van der Waals surface area contributed by atoms with Gasteiger partial charge in [-0.05, 0) is 75.5 Å². The van der Waals surface area contributed by atoms with Gasteiger partial charge in [0.15, 0.2) is 0 Å².